The Labute approximate surface area is 249 Å². The number of aryl methyl sites for hydroxylation is 1. The molecule has 2 atom stereocenters. The fourth-order valence-electron chi connectivity index (χ4n) is 6.24. The van der Waals surface area contributed by atoms with Crippen molar-refractivity contribution in [1.29, 1.82) is 5.26 Å². The number of likely N-dealkylation sites (N-methyl/N-ethyl adjacent to an activating group) is 1. The zero-order chi connectivity index (χ0) is 30.1. The number of hydrogen-bond acceptors (Lipinski definition) is 9. The first-order chi connectivity index (χ1) is 20.9. The molecule has 2 aliphatic rings. The molecule has 1 amide bonds. The summed E-state index contributed by atoms with van der Waals surface area (Å²) in [6.07, 6.45) is 5.17. The molecule has 2 aromatic carbocycles. The first-order valence-corrected chi connectivity index (χ1v) is 14.6. The number of likely N-dealkylation sites (tertiary alicyclic amines) is 1. The van der Waals surface area contributed by atoms with Crippen molar-refractivity contribution in [2.45, 2.75) is 38.3 Å². The lowest BCUT2D eigenvalue weighted by molar-refractivity contribution is -0.128. The number of anilines is 1. The maximum Gasteiger partial charge on any atom is 0.319 e. The van der Waals surface area contributed by atoms with E-state index >= 15 is 0 Å². The van der Waals surface area contributed by atoms with Gasteiger partial charge in [-0.05, 0) is 56.4 Å². The first kappa shape index (κ1) is 28.3. The summed E-state index contributed by atoms with van der Waals surface area (Å²) in [4.78, 5) is 42.0. The van der Waals surface area contributed by atoms with Gasteiger partial charge in [-0.1, -0.05) is 36.9 Å². The van der Waals surface area contributed by atoms with E-state index in [1.165, 1.54) is 10.8 Å². The molecule has 11 heteroatoms. The molecule has 0 aliphatic carbocycles. The molecular formula is C32H34N8O3. The van der Waals surface area contributed by atoms with E-state index < -0.39 is 0 Å². The Morgan fingerprint density at radius 1 is 1.16 bits per heavy atom. The number of hydrogen-bond donors (Lipinski definition) is 0. The highest BCUT2D eigenvalue weighted by Gasteiger charge is 2.32. The number of piperazine rings is 1. The monoisotopic (exact) mass is 578 g/mol. The number of carbonyl (C=O) groups excluding carboxylic acids is 1. The van der Waals surface area contributed by atoms with Gasteiger partial charge in [-0.25, -0.2) is 0 Å². The van der Waals surface area contributed by atoms with Crippen LogP contribution in [-0.2, 0) is 4.79 Å². The van der Waals surface area contributed by atoms with Gasteiger partial charge >= 0.3 is 6.01 Å². The number of carbonyl (C=O) groups is 1. The summed E-state index contributed by atoms with van der Waals surface area (Å²) in [7, 11) is 2.07. The Hall–Kier alpha value is -4.82. The predicted molar refractivity (Wildman–Crippen MR) is 164 cm³/mol. The summed E-state index contributed by atoms with van der Waals surface area (Å²) in [6, 6.07) is 14.0. The molecule has 4 aromatic rings. The van der Waals surface area contributed by atoms with E-state index in [-0.39, 0.29) is 41.5 Å². The van der Waals surface area contributed by atoms with Crippen molar-refractivity contribution in [3.8, 4) is 17.8 Å². The largest absolute Gasteiger partial charge is 0.462 e. The van der Waals surface area contributed by atoms with E-state index in [1.54, 1.807) is 11.1 Å². The van der Waals surface area contributed by atoms with Crippen LogP contribution in [0.1, 0.15) is 24.8 Å². The van der Waals surface area contributed by atoms with E-state index in [4.69, 9.17) is 9.72 Å². The smallest absolute Gasteiger partial charge is 0.319 e. The fourth-order valence-corrected chi connectivity index (χ4v) is 6.24. The van der Waals surface area contributed by atoms with E-state index in [0.717, 1.165) is 35.7 Å². The minimum absolute atomic E-state index is 0.119. The molecule has 11 nitrogen and oxygen atoms in total. The lowest BCUT2D eigenvalue weighted by Gasteiger charge is -2.41. The van der Waals surface area contributed by atoms with Crippen LogP contribution in [0.15, 0.2) is 60.0 Å². The molecule has 2 fully saturated rings. The standard InChI is InChI=1S/C32H34N8O3/c1-4-27(41)39-17-16-38(19-23(39)13-14-33)30-25-18-34-40(26-12-6-10-22-9-5-8-21(2)28(22)26)31(42)29(25)35-32(36-30)43-20-24-11-7-15-37(24)3/h4-6,8-10,12,18,23-24H,1,7,11,13,15-17,19-20H2,2-3H3/t23-,24+/m1/s1. The van der Waals surface area contributed by atoms with Crippen LogP contribution >= 0.6 is 0 Å². The van der Waals surface area contributed by atoms with Crippen molar-refractivity contribution < 1.29 is 9.53 Å². The van der Waals surface area contributed by atoms with Crippen molar-refractivity contribution in [1.82, 2.24) is 29.5 Å². The maximum atomic E-state index is 14.2. The van der Waals surface area contributed by atoms with E-state index in [0.29, 0.717) is 43.1 Å². The third-order valence-corrected chi connectivity index (χ3v) is 8.56. The number of aromatic nitrogens is 4. The highest BCUT2D eigenvalue weighted by molar-refractivity contribution is 5.94. The number of nitrogens with zero attached hydrogens (tertiary/aromatic N) is 8. The zero-order valence-corrected chi connectivity index (χ0v) is 24.4. The predicted octanol–water partition coefficient (Wildman–Crippen LogP) is 3.23. The zero-order valence-electron chi connectivity index (χ0n) is 24.4. The molecular weight excluding hydrogens is 544 g/mol. The summed E-state index contributed by atoms with van der Waals surface area (Å²) >= 11 is 0. The normalized spacial score (nSPS) is 19.1. The average Bonchev–Trinajstić information content (AvgIpc) is 3.44. The van der Waals surface area contributed by atoms with Crippen molar-refractivity contribution in [2.75, 3.05) is 44.7 Å². The van der Waals surface area contributed by atoms with Gasteiger partial charge in [-0.3, -0.25) is 9.59 Å². The Kier molecular flexibility index (Phi) is 7.78. The van der Waals surface area contributed by atoms with Crippen LogP contribution in [-0.4, -0.2) is 87.4 Å². The molecule has 4 heterocycles. The first-order valence-electron chi connectivity index (χ1n) is 14.6. The van der Waals surface area contributed by atoms with E-state index in [2.05, 4.69) is 34.7 Å². The molecule has 0 bridgehead atoms. The third-order valence-electron chi connectivity index (χ3n) is 8.56. The Morgan fingerprint density at radius 3 is 2.72 bits per heavy atom. The number of fused-ring (bicyclic) bond motifs is 2. The summed E-state index contributed by atoms with van der Waals surface area (Å²) in [5.74, 6) is 0.284. The quantitative estimate of drug-likeness (QED) is 0.304. The molecule has 43 heavy (non-hydrogen) atoms. The average molecular weight is 579 g/mol. The van der Waals surface area contributed by atoms with Crippen LogP contribution in [0, 0.1) is 18.3 Å². The van der Waals surface area contributed by atoms with Crippen LogP contribution in [0.5, 0.6) is 6.01 Å². The van der Waals surface area contributed by atoms with Gasteiger partial charge in [-0.2, -0.15) is 25.0 Å². The second kappa shape index (κ2) is 11.8. The van der Waals surface area contributed by atoms with Crippen LogP contribution < -0.4 is 15.2 Å². The van der Waals surface area contributed by atoms with Crippen molar-refractivity contribution in [2.24, 2.45) is 0 Å². The van der Waals surface area contributed by atoms with Crippen molar-refractivity contribution in [3.05, 3.63) is 71.2 Å². The molecule has 0 saturated carbocycles. The minimum atomic E-state index is -0.381. The van der Waals surface area contributed by atoms with Gasteiger partial charge in [0.05, 0.1) is 35.8 Å². The lowest BCUT2D eigenvalue weighted by atomic mass is 10.0. The SMILES string of the molecule is C=CC(=O)N1CCN(c2nc(OC[C@@H]3CCCN3C)nc3c(=O)n(-c4cccc5cccc(C)c45)ncc23)C[C@H]1CC#N. The Bertz CT molecular complexity index is 1810. The molecule has 2 aliphatic heterocycles. The summed E-state index contributed by atoms with van der Waals surface area (Å²) in [5.41, 5.74) is 1.52. The second-order valence-electron chi connectivity index (χ2n) is 11.2. The highest BCUT2D eigenvalue weighted by Crippen LogP contribution is 2.29. The molecule has 2 aromatic heterocycles. The molecule has 0 N–H and O–H groups in total. The fraction of sp³-hybridized carbons (Fsp3) is 0.375. The summed E-state index contributed by atoms with van der Waals surface area (Å²) in [5, 5.41) is 16.5. The number of amides is 1. The van der Waals surface area contributed by atoms with Gasteiger partial charge < -0.3 is 19.4 Å². The topological polar surface area (TPSA) is 120 Å². The van der Waals surface area contributed by atoms with Gasteiger partial charge in [-0.15, -0.1) is 0 Å². The highest BCUT2D eigenvalue weighted by atomic mass is 16.5. The van der Waals surface area contributed by atoms with Gasteiger partial charge in [0, 0.05) is 31.1 Å². The van der Waals surface area contributed by atoms with E-state index in [1.807, 2.05) is 48.2 Å². The third kappa shape index (κ3) is 5.30. The molecule has 0 radical (unpaired) electrons. The number of ether oxygens (including phenoxy) is 1. The van der Waals surface area contributed by atoms with Crippen molar-refractivity contribution >= 4 is 33.4 Å². The molecule has 0 unspecified atom stereocenters. The van der Waals surface area contributed by atoms with Gasteiger partial charge in [0.1, 0.15) is 17.9 Å². The van der Waals surface area contributed by atoms with E-state index in [9.17, 15) is 14.9 Å². The summed E-state index contributed by atoms with van der Waals surface area (Å²) in [6.45, 7) is 8.22. The maximum absolute atomic E-state index is 14.2. The Morgan fingerprint density at radius 2 is 1.98 bits per heavy atom. The van der Waals surface area contributed by atoms with Crippen LogP contribution in [0.4, 0.5) is 5.82 Å². The van der Waals surface area contributed by atoms with Crippen molar-refractivity contribution in [3.63, 3.8) is 0 Å². The number of benzene rings is 2. The van der Waals surface area contributed by atoms with Gasteiger partial charge in [0.2, 0.25) is 5.91 Å². The van der Waals surface area contributed by atoms with Crippen LogP contribution in [0.2, 0.25) is 0 Å². The van der Waals surface area contributed by atoms with Gasteiger partial charge in [0.15, 0.2) is 0 Å². The Balaban J connectivity index is 1.46. The summed E-state index contributed by atoms with van der Waals surface area (Å²) < 4.78 is 7.54. The number of rotatable bonds is 7. The second-order valence-corrected chi connectivity index (χ2v) is 11.2. The van der Waals surface area contributed by atoms with Gasteiger partial charge in [0.25, 0.3) is 5.56 Å². The van der Waals surface area contributed by atoms with Crippen LogP contribution in [0.3, 0.4) is 0 Å². The molecule has 6 rings (SSSR count). The minimum Gasteiger partial charge on any atom is -0.462 e. The molecule has 2 saturated heterocycles. The number of nitriles is 1. The van der Waals surface area contributed by atoms with Crippen LogP contribution in [0.25, 0.3) is 27.4 Å². The lowest BCUT2D eigenvalue weighted by Crippen LogP contribution is -2.55. The molecule has 0 spiro atoms. The molecule has 220 valence electrons.